The first-order valence-electron chi connectivity index (χ1n) is 8.42. The lowest BCUT2D eigenvalue weighted by molar-refractivity contribution is -0.115. The van der Waals surface area contributed by atoms with Crippen molar-refractivity contribution in [2.75, 3.05) is 43.1 Å². The molecule has 1 aliphatic rings. The van der Waals surface area contributed by atoms with Gasteiger partial charge in [0.1, 0.15) is 0 Å². The Kier molecular flexibility index (Phi) is 6.48. The van der Waals surface area contributed by atoms with E-state index in [-0.39, 0.29) is 11.4 Å². The van der Waals surface area contributed by atoms with Crippen LogP contribution < -0.4 is 14.9 Å². The Bertz CT molecular complexity index is 897. The summed E-state index contributed by atoms with van der Waals surface area (Å²) < 4.78 is 32.8. The van der Waals surface area contributed by atoms with Gasteiger partial charge >= 0.3 is 0 Å². The van der Waals surface area contributed by atoms with Crippen LogP contribution in [0.1, 0.15) is 0 Å². The second kappa shape index (κ2) is 8.83. The number of rotatable bonds is 6. The van der Waals surface area contributed by atoms with Gasteiger partial charge in [-0.25, -0.2) is 13.1 Å². The fourth-order valence-corrected chi connectivity index (χ4v) is 4.24. The summed E-state index contributed by atoms with van der Waals surface area (Å²) in [6.07, 6.45) is 0. The first-order valence-corrected chi connectivity index (χ1v) is 10.7. The lowest BCUT2D eigenvalue weighted by Gasteiger charge is -2.28. The average molecular weight is 454 g/mol. The van der Waals surface area contributed by atoms with Gasteiger partial charge in [-0.3, -0.25) is 4.79 Å². The van der Waals surface area contributed by atoms with E-state index in [1.165, 1.54) is 12.1 Å². The first kappa shape index (κ1) is 19.8. The maximum absolute atomic E-state index is 12.2. The van der Waals surface area contributed by atoms with Crippen LogP contribution in [0.4, 0.5) is 11.4 Å². The molecule has 0 saturated carbocycles. The minimum absolute atomic E-state index is 0.0968. The molecule has 2 N–H and O–H groups in total. The number of morpholine rings is 1. The summed E-state index contributed by atoms with van der Waals surface area (Å²) in [7, 11) is -3.75. The van der Waals surface area contributed by atoms with Crippen molar-refractivity contribution in [3.8, 4) is 0 Å². The standard InChI is InChI=1S/C18H20BrN3O4S/c19-14-2-1-3-17(12-14)27(24,25)20-13-18(23)21-15-4-6-16(7-5-15)22-8-10-26-11-9-22/h1-7,12,20H,8-11,13H2,(H,21,23). The fourth-order valence-electron chi connectivity index (χ4n) is 2.66. The summed E-state index contributed by atoms with van der Waals surface area (Å²) in [5.41, 5.74) is 1.67. The third-order valence-corrected chi connectivity index (χ3v) is 5.95. The molecular formula is C18H20BrN3O4S. The van der Waals surface area contributed by atoms with Gasteiger partial charge < -0.3 is 15.0 Å². The van der Waals surface area contributed by atoms with Gasteiger partial charge in [-0.1, -0.05) is 22.0 Å². The van der Waals surface area contributed by atoms with Gasteiger partial charge in [0.15, 0.2) is 0 Å². The number of halogens is 1. The highest BCUT2D eigenvalue weighted by molar-refractivity contribution is 9.10. The molecule has 9 heteroatoms. The van der Waals surface area contributed by atoms with E-state index in [0.29, 0.717) is 23.4 Å². The van der Waals surface area contributed by atoms with E-state index in [9.17, 15) is 13.2 Å². The number of ether oxygens (including phenoxy) is 1. The number of hydrogen-bond donors (Lipinski definition) is 2. The van der Waals surface area contributed by atoms with Crippen molar-refractivity contribution in [1.29, 1.82) is 0 Å². The number of benzene rings is 2. The zero-order chi connectivity index (χ0) is 19.3. The number of carbonyl (C=O) groups is 1. The van der Waals surface area contributed by atoms with Crippen molar-refractivity contribution in [3.05, 3.63) is 53.0 Å². The largest absolute Gasteiger partial charge is 0.378 e. The Morgan fingerprint density at radius 2 is 1.81 bits per heavy atom. The smallest absolute Gasteiger partial charge is 0.241 e. The van der Waals surface area contributed by atoms with Crippen LogP contribution in [0.3, 0.4) is 0 Å². The summed E-state index contributed by atoms with van der Waals surface area (Å²) in [5, 5.41) is 2.69. The van der Waals surface area contributed by atoms with E-state index in [1.807, 2.05) is 12.1 Å². The van der Waals surface area contributed by atoms with Crippen LogP contribution in [0.15, 0.2) is 57.9 Å². The van der Waals surface area contributed by atoms with E-state index in [2.05, 4.69) is 30.9 Å². The molecule has 27 heavy (non-hydrogen) atoms. The lowest BCUT2D eigenvalue weighted by atomic mass is 10.2. The first-order chi connectivity index (χ1) is 12.9. The van der Waals surface area contributed by atoms with Crippen LogP contribution in [0.2, 0.25) is 0 Å². The molecule has 7 nitrogen and oxygen atoms in total. The van der Waals surface area contributed by atoms with Crippen LogP contribution in [0, 0.1) is 0 Å². The Hall–Kier alpha value is -1.94. The summed E-state index contributed by atoms with van der Waals surface area (Å²) in [6.45, 7) is 2.74. The summed E-state index contributed by atoms with van der Waals surface area (Å²) in [6, 6.07) is 13.7. The van der Waals surface area contributed by atoms with Gasteiger partial charge in [0.05, 0.1) is 24.7 Å². The third kappa shape index (κ3) is 5.52. The molecule has 1 saturated heterocycles. The molecule has 0 aliphatic carbocycles. The number of sulfonamides is 1. The molecule has 0 spiro atoms. The molecule has 0 aromatic heterocycles. The van der Waals surface area contributed by atoms with E-state index >= 15 is 0 Å². The molecule has 1 heterocycles. The number of nitrogens with zero attached hydrogens (tertiary/aromatic N) is 1. The monoisotopic (exact) mass is 453 g/mol. The van der Waals surface area contributed by atoms with Crippen molar-refractivity contribution >= 4 is 43.2 Å². The van der Waals surface area contributed by atoms with E-state index < -0.39 is 15.9 Å². The number of anilines is 2. The molecule has 2 aromatic carbocycles. The quantitative estimate of drug-likeness (QED) is 0.699. The SMILES string of the molecule is O=C(CNS(=O)(=O)c1cccc(Br)c1)Nc1ccc(N2CCOCC2)cc1. The average Bonchev–Trinajstić information content (AvgIpc) is 2.68. The highest BCUT2D eigenvalue weighted by Crippen LogP contribution is 2.19. The highest BCUT2D eigenvalue weighted by atomic mass is 79.9. The van der Waals surface area contributed by atoms with Gasteiger partial charge in [0.25, 0.3) is 0 Å². The number of hydrogen-bond acceptors (Lipinski definition) is 5. The molecule has 1 amide bonds. The van der Waals surface area contributed by atoms with Gasteiger partial charge in [0.2, 0.25) is 15.9 Å². The fraction of sp³-hybridized carbons (Fsp3) is 0.278. The lowest BCUT2D eigenvalue weighted by Crippen LogP contribution is -2.36. The molecule has 0 unspecified atom stereocenters. The van der Waals surface area contributed by atoms with Crippen LogP contribution in [0.25, 0.3) is 0 Å². The van der Waals surface area contributed by atoms with Crippen LogP contribution in [-0.4, -0.2) is 47.2 Å². The normalized spacial score (nSPS) is 14.8. The minimum Gasteiger partial charge on any atom is -0.378 e. The summed E-state index contributed by atoms with van der Waals surface area (Å²) in [4.78, 5) is 14.4. The van der Waals surface area contributed by atoms with E-state index in [4.69, 9.17) is 4.74 Å². The summed E-state index contributed by atoms with van der Waals surface area (Å²) in [5.74, 6) is -0.437. The molecule has 2 aromatic rings. The van der Waals surface area contributed by atoms with Crippen molar-refractivity contribution in [2.24, 2.45) is 0 Å². The number of amides is 1. The van der Waals surface area contributed by atoms with Gasteiger partial charge in [-0.2, -0.15) is 0 Å². The van der Waals surface area contributed by atoms with Crippen molar-refractivity contribution in [3.63, 3.8) is 0 Å². The van der Waals surface area contributed by atoms with Crippen molar-refractivity contribution in [1.82, 2.24) is 4.72 Å². The molecule has 0 radical (unpaired) electrons. The molecule has 0 bridgehead atoms. The van der Waals surface area contributed by atoms with Crippen molar-refractivity contribution in [2.45, 2.75) is 4.90 Å². The van der Waals surface area contributed by atoms with Gasteiger partial charge in [-0.15, -0.1) is 0 Å². The Labute approximate surface area is 166 Å². The molecule has 3 rings (SSSR count). The minimum atomic E-state index is -3.75. The van der Waals surface area contributed by atoms with Gasteiger partial charge in [-0.05, 0) is 42.5 Å². The van der Waals surface area contributed by atoms with Crippen LogP contribution >= 0.6 is 15.9 Å². The Balaban J connectivity index is 1.54. The van der Waals surface area contributed by atoms with Crippen molar-refractivity contribution < 1.29 is 17.9 Å². The number of carbonyl (C=O) groups excluding carboxylic acids is 1. The maximum Gasteiger partial charge on any atom is 0.241 e. The second-order valence-electron chi connectivity index (χ2n) is 5.98. The van der Waals surface area contributed by atoms with Crippen LogP contribution in [-0.2, 0) is 19.6 Å². The Morgan fingerprint density at radius 1 is 1.11 bits per heavy atom. The zero-order valence-corrected chi connectivity index (χ0v) is 16.9. The molecule has 1 aliphatic heterocycles. The summed E-state index contributed by atoms with van der Waals surface area (Å²) >= 11 is 3.23. The molecule has 1 fully saturated rings. The molecular weight excluding hydrogens is 434 g/mol. The molecule has 0 atom stereocenters. The Morgan fingerprint density at radius 3 is 2.48 bits per heavy atom. The predicted molar refractivity (Wildman–Crippen MR) is 107 cm³/mol. The van der Waals surface area contributed by atoms with E-state index in [0.717, 1.165) is 18.8 Å². The topological polar surface area (TPSA) is 87.7 Å². The highest BCUT2D eigenvalue weighted by Gasteiger charge is 2.16. The third-order valence-electron chi connectivity index (χ3n) is 4.06. The number of nitrogens with one attached hydrogen (secondary N) is 2. The van der Waals surface area contributed by atoms with Gasteiger partial charge in [0, 0.05) is 28.9 Å². The maximum atomic E-state index is 12.2. The second-order valence-corrected chi connectivity index (χ2v) is 8.66. The van der Waals surface area contributed by atoms with E-state index in [1.54, 1.807) is 24.3 Å². The van der Waals surface area contributed by atoms with Crippen LogP contribution in [0.5, 0.6) is 0 Å². The zero-order valence-electron chi connectivity index (χ0n) is 14.5. The molecule has 144 valence electrons. The predicted octanol–water partition coefficient (Wildman–Crippen LogP) is 2.20.